The van der Waals surface area contributed by atoms with Gasteiger partial charge in [0.2, 0.25) is 0 Å². The topological polar surface area (TPSA) is 190 Å². The molecule has 0 aromatic rings. The van der Waals surface area contributed by atoms with Gasteiger partial charge in [0.15, 0.2) is 0 Å². The number of aliphatic hydroxyl groups is 2. The standard InChI is InChI=1S/2C6H10O4.C6H14O2/c2*7-5(8)3-1-2-4-6(9)10;1-2-3-4-6(8)5-7/h2*1-4H2,(H,7,8)(H,9,10);6-8H,2-5H2,1H3. The summed E-state index contributed by atoms with van der Waals surface area (Å²) in [6.45, 7) is 1.96. The van der Waals surface area contributed by atoms with E-state index in [0.29, 0.717) is 25.7 Å². The summed E-state index contributed by atoms with van der Waals surface area (Å²) in [6.07, 6.45) is 4.36. The van der Waals surface area contributed by atoms with Crippen LogP contribution in [-0.4, -0.2) is 67.2 Å². The average molecular weight is 410 g/mol. The van der Waals surface area contributed by atoms with E-state index in [0.717, 1.165) is 19.3 Å². The van der Waals surface area contributed by atoms with E-state index in [4.69, 9.17) is 30.6 Å². The molecule has 0 spiro atoms. The Morgan fingerprint density at radius 3 is 1.11 bits per heavy atom. The molecule has 0 heterocycles. The quantitative estimate of drug-likeness (QED) is 0.231. The number of carboxylic acids is 4. The molecular formula is C18H34O10. The zero-order valence-electron chi connectivity index (χ0n) is 16.4. The van der Waals surface area contributed by atoms with E-state index in [1.165, 1.54) is 0 Å². The number of aliphatic hydroxyl groups excluding tert-OH is 2. The van der Waals surface area contributed by atoms with Gasteiger partial charge in [-0.3, -0.25) is 19.2 Å². The molecule has 0 aromatic heterocycles. The number of carbonyl (C=O) groups is 4. The predicted molar refractivity (Wildman–Crippen MR) is 100 cm³/mol. The Bertz CT molecular complexity index is 359. The Hall–Kier alpha value is -2.20. The lowest BCUT2D eigenvalue weighted by Gasteiger charge is -2.02. The number of hydrogen-bond acceptors (Lipinski definition) is 6. The van der Waals surface area contributed by atoms with Crippen LogP contribution in [0.3, 0.4) is 0 Å². The van der Waals surface area contributed by atoms with E-state index in [2.05, 4.69) is 6.92 Å². The van der Waals surface area contributed by atoms with Crippen LogP contribution >= 0.6 is 0 Å². The van der Waals surface area contributed by atoms with Gasteiger partial charge in [0.1, 0.15) is 0 Å². The van der Waals surface area contributed by atoms with Gasteiger partial charge in [0.05, 0.1) is 12.7 Å². The van der Waals surface area contributed by atoms with Crippen LogP contribution in [0.1, 0.15) is 77.6 Å². The van der Waals surface area contributed by atoms with E-state index in [1.54, 1.807) is 0 Å². The Morgan fingerprint density at radius 2 is 0.929 bits per heavy atom. The zero-order valence-corrected chi connectivity index (χ0v) is 16.4. The van der Waals surface area contributed by atoms with Crippen LogP contribution in [0.25, 0.3) is 0 Å². The molecule has 0 aliphatic carbocycles. The molecule has 0 saturated heterocycles. The van der Waals surface area contributed by atoms with E-state index >= 15 is 0 Å². The first-order valence-electron chi connectivity index (χ1n) is 9.22. The van der Waals surface area contributed by atoms with Crippen LogP contribution in [0.5, 0.6) is 0 Å². The summed E-state index contributed by atoms with van der Waals surface area (Å²) in [4.78, 5) is 39.6. The van der Waals surface area contributed by atoms with Crippen molar-refractivity contribution in [3.63, 3.8) is 0 Å². The minimum absolute atomic E-state index is 0.0628. The molecule has 0 aliphatic heterocycles. The molecule has 0 radical (unpaired) electrons. The van der Waals surface area contributed by atoms with Gasteiger partial charge in [-0.25, -0.2) is 0 Å². The molecule has 0 saturated carbocycles. The molecule has 1 atom stereocenters. The second kappa shape index (κ2) is 22.8. The number of rotatable bonds is 14. The fourth-order valence-electron chi connectivity index (χ4n) is 1.64. The smallest absolute Gasteiger partial charge is 0.303 e. The molecule has 0 amide bonds. The highest BCUT2D eigenvalue weighted by Crippen LogP contribution is 1.99. The second-order valence-electron chi connectivity index (χ2n) is 5.97. The van der Waals surface area contributed by atoms with Crippen molar-refractivity contribution < 1.29 is 49.8 Å². The summed E-state index contributed by atoms with van der Waals surface area (Å²) < 4.78 is 0. The lowest BCUT2D eigenvalue weighted by atomic mass is 10.2. The van der Waals surface area contributed by atoms with E-state index in [-0.39, 0.29) is 32.3 Å². The average Bonchev–Trinajstić information content (AvgIpc) is 2.61. The fraction of sp³-hybridized carbons (Fsp3) is 0.778. The van der Waals surface area contributed by atoms with Gasteiger partial charge in [-0.2, -0.15) is 0 Å². The maximum atomic E-state index is 9.90. The summed E-state index contributed by atoms with van der Waals surface area (Å²) >= 11 is 0. The largest absolute Gasteiger partial charge is 0.481 e. The molecule has 1 unspecified atom stereocenters. The van der Waals surface area contributed by atoms with Crippen molar-refractivity contribution in [2.24, 2.45) is 0 Å². The summed E-state index contributed by atoms with van der Waals surface area (Å²) in [5.74, 6) is -3.48. The molecule has 0 aliphatic rings. The summed E-state index contributed by atoms with van der Waals surface area (Å²) in [6, 6.07) is 0. The first kappa shape index (κ1) is 30.5. The molecule has 0 fully saturated rings. The lowest BCUT2D eigenvalue weighted by molar-refractivity contribution is -0.139. The van der Waals surface area contributed by atoms with E-state index < -0.39 is 30.0 Å². The first-order chi connectivity index (χ1) is 13.1. The molecule has 10 heteroatoms. The summed E-state index contributed by atoms with van der Waals surface area (Å²) in [5.41, 5.74) is 0. The van der Waals surface area contributed by atoms with Crippen molar-refractivity contribution in [2.75, 3.05) is 6.61 Å². The van der Waals surface area contributed by atoms with Crippen LogP contribution in [-0.2, 0) is 19.2 Å². The number of carboxylic acid groups (broad SMARTS) is 4. The summed E-state index contributed by atoms with van der Waals surface area (Å²) in [7, 11) is 0. The minimum atomic E-state index is -0.870. The fourth-order valence-corrected chi connectivity index (χ4v) is 1.64. The van der Waals surface area contributed by atoms with E-state index in [9.17, 15) is 19.2 Å². The number of hydrogen-bond donors (Lipinski definition) is 6. The highest BCUT2D eigenvalue weighted by molar-refractivity contribution is 5.68. The van der Waals surface area contributed by atoms with Gasteiger partial charge in [0.25, 0.3) is 0 Å². The van der Waals surface area contributed by atoms with Crippen molar-refractivity contribution in [3.8, 4) is 0 Å². The van der Waals surface area contributed by atoms with Crippen molar-refractivity contribution in [2.45, 2.75) is 83.7 Å². The van der Waals surface area contributed by atoms with Gasteiger partial charge in [0, 0.05) is 25.7 Å². The maximum absolute atomic E-state index is 9.90. The minimum Gasteiger partial charge on any atom is -0.481 e. The third-order valence-electron chi connectivity index (χ3n) is 3.16. The molecule has 0 rings (SSSR count). The van der Waals surface area contributed by atoms with Gasteiger partial charge >= 0.3 is 23.9 Å². The van der Waals surface area contributed by atoms with Gasteiger partial charge < -0.3 is 30.6 Å². The highest BCUT2D eigenvalue weighted by Gasteiger charge is 2.00. The van der Waals surface area contributed by atoms with Crippen LogP contribution in [0.15, 0.2) is 0 Å². The molecule has 0 bridgehead atoms. The van der Waals surface area contributed by atoms with Gasteiger partial charge in [-0.1, -0.05) is 19.8 Å². The van der Waals surface area contributed by atoms with Gasteiger partial charge in [-0.05, 0) is 32.1 Å². The van der Waals surface area contributed by atoms with Crippen LogP contribution in [0.2, 0.25) is 0 Å². The Labute approximate surface area is 164 Å². The summed E-state index contributed by atoms with van der Waals surface area (Å²) in [5, 5.41) is 49.6. The highest BCUT2D eigenvalue weighted by atomic mass is 16.4. The maximum Gasteiger partial charge on any atom is 0.303 e. The molecule has 28 heavy (non-hydrogen) atoms. The predicted octanol–water partition coefficient (Wildman–Crippen LogP) is 1.96. The lowest BCUT2D eigenvalue weighted by Crippen LogP contribution is -2.10. The SMILES string of the molecule is CCCCC(O)CO.O=C(O)CCCCC(=O)O.O=C(O)CCCCC(=O)O. The molecule has 166 valence electrons. The van der Waals surface area contributed by atoms with Crippen molar-refractivity contribution in [1.29, 1.82) is 0 Å². The monoisotopic (exact) mass is 410 g/mol. The normalized spacial score (nSPS) is 10.5. The Kier molecular flexibility index (Phi) is 24.9. The van der Waals surface area contributed by atoms with Crippen LogP contribution in [0.4, 0.5) is 0 Å². The van der Waals surface area contributed by atoms with Crippen molar-refractivity contribution in [1.82, 2.24) is 0 Å². The Morgan fingerprint density at radius 1 is 0.643 bits per heavy atom. The molecular weight excluding hydrogens is 376 g/mol. The molecule has 10 nitrogen and oxygen atoms in total. The number of unbranched alkanes of at least 4 members (excludes halogenated alkanes) is 3. The van der Waals surface area contributed by atoms with Gasteiger partial charge in [-0.15, -0.1) is 0 Å². The molecule has 6 N–H and O–H groups in total. The van der Waals surface area contributed by atoms with Crippen molar-refractivity contribution >= 4 is 23.9 Å². The molecule has 0 aromatic carbocycles. The number of aliphatic carboxylic acids is 4. The van der Waals surface area contributed by atoms with E-state index in [1.807, 2.05) is 0 Å². The van der Waals surface area contributed by atoms with Crippen molar-refractivity contribution in [3.05, 3.63) is 0 Å². The Balaban J connectivity index is -0.000000337. The zero-order chi connectivity index (χ0) is 22.4. The first-order valence-corrected chi connectivity index (χ1v) is 9.22. The third kappa shape index (κ3) is 39.0. The van der Waals surface area contributed by atoms with Crippen LogP contribution in [0, 0.1) is 0 Å². The third-order valence-corrected chi connectivity index (χ3v) is 3.16. The van der Waals surface area contributed by atoms with Crippen LogP contribution < -0.4 is 0 Å². The second-order valence-corrected chi connectivity index (χ2v) is 5.97.